The minimum Gasteiger partial charge on any atom is -0.486 e. The molecule has 1 aromatic heterocycles. The number of ether oxygens (including phenoxy) is 1. The van der Waals surface area contributed by atoms with Crippen molar-refractivity contribution < 1.29 is 13.9 Å². The third-order valence-electron chi connectivity index (χ3n) is 3.28. The standard InChI is InChI=1S/C16H20FN3O2S/c1-10(18-3)8-19-16(21)15-11(2)20-14(23-15)9-22-13-6-4-12(17)5-7-13/h4-7,10,18H,8-9H2,1-3H3,(H,19,21). The van der Waals surface area contributed by atoms with Crippen LogP contribution in [0, 0.1) is 12.7 Å². The van der Waals surface area contributed by atoms with Gasteiger partial charge in [0.2, 0.25) is 0 Å². The lowest BCUT2D eigenvalue weighted by molar-refractivity contribution is 0.0954. The zero-order chi connectivity index (χ0) is 16.8. The average Bonchev–Trinajstić information content (AvgIpc) is 2.92. The molecule has 0 bridgehead atoms. The average molecular weight is 337 g/mol. The Morgan fingerprint density at radius 3 is 2.74 bits per heavy atom. The van der Waals surface area contributed by atoms with E-state index in [0.717, 1.165) is 0 Å². The Morgan fingerprint density at radius 2 is 2.09 bits per heavy atom. The lowest BCUT2D eigenvalue weighted by atomic mass is 10.3. The highest BCUT2D eigenvalue weighted by molar-refractivity contribution is 7.13. The Bertz CT molecular complexity index is 658. The van der Waals surface area contributed by atoms with Crippen molar-refractivity contribution in [2.75, 3.05) is 13.6 Å². The molecule has 1 unspecified atom stereocenters. The fraction of sp³-hybridized carbons (Fsp3) is 0.375. The van der Waals surface area contributed by atoms with Crippen LogP contribution in [0.4, 0.5) is 4.39 Å². The van der Waals surface area contributed by atoms with Crippen molar-refractivity contribution in [3.05, 3.63) is 45.7 Å². The molecular formula is C16H20FN3O2S. The highest BCUT2D eigenvalue weighted by atomic mass is 32.1. The summed E-state index contributed by atoms with van der Waals surface area (Å²) in [6, 6.07) is 5.99. The van der Waals surface area contributed by atoms with Gasteiger partial charge in [0.25, 0.3) is 5.91 Å². The molecule has 1 amide bonds. The smallest absolute Gasteiger partial charge is 0.263 e. The number of carbonyl (C=O) groups excluding carboxylic acids is 1. The molecule has 0 spiro atoms. The van der Waals surface area contributed by atoms with Crippen LogP contribution in [0.5, 0.6) is 5.75 Å². The van der Waals surface area contributed by atoms with E-state index in [1.165, 1.54) is 23.5 Å². The van der Waals surface area contributed by atoms with Crippen LogP contribution >= 0.6 is 11.3 Å². The Balaban J connectivity index is 1.94. The second-order valence-electron chi connectivity index (χ2n) is 5.16. The van der Waals surface area contributed by atoms with Gasteiger partial charge in [0, 0.05) is 12.6 Å². The number of carbonyl (C=O) groups is 1. The van der Waals surface area contributed by atoms with Crippen LogP contribution in [0.2, 0.25) is 0 Å². The van der Waals surface area contributed by atoms with Gasteiger partial charge in [-0.25, -0.2) is 9.37 Å². The molecule has 2 aromatic rings. The first kappa shape index (κ1) is 17.4. The molecule has 0 aliphatic heterocycles. The summed E-state index contributed by atoms with van der Waals surface area (Å²) in [5, 5.41) is 6.64. The molecule has 0 aliphatic rings. The van der Waals surface area contributed by atoms with Crippen LogP contribution in [-0.2, 0) is 6.61 Å². The third kappa shape index (κ3) is 5.01. The summed E-state index contributed by atoms with van der Waals surface area (Å²) in [6.45, 7) is 4.58. The Kier molecular flexibility index (Phi) is 6.06. The molecule has 124 valence electrons. The lowest BCUT2D eigenvalue weighted by Crippen LogP contribution is -2.37. The second-order valence-corrected chi connectivity index (χ2v) is 6.25. The van der Waals surface area contributed by atoms with Gasteiger partial charge in [-0.05, 0) is 45.2 Å². The van der Waals surface area contributed by atoms with E-state index in [1.807, 2.05) is 14.0 Å². The molecule has 2 rings (SSSR count). The van der Waals surface area contributed by atoms with Gasteiger partial charge in [-0.1, -0.05) is 0 Å². The van der Waals surface area contributed by atoms with E-state index in [4.69, 9.17) is 4.74 Å². The number of aryl methyl sites for hydroxylation is 1. The molecule has 5 nitrogen and oxygen atoms in total. The zero-order valence-corrected chi connectivity index (χ0v) is 14.2. The van der Waals surface area contributed by atoms with E-state index in [1.54, 1.807) is 19.1 Å². The predicted molar refractivity (Wildman–Crippen MR) is 88.4 cm³/mol. The number of rotatable bonds is 7. The van der Waals surface area contributed by atoms with Crippen LogP contribution in [-0.4, -0.2) is 30.5 Å². The van der Waals surface area contributed by atoms with Gasteiger partial charge in [0.1, 0.15) is 28.1 Å². The molecule has 0 saturated heterocycles. The first-order valence-electron chi connectivity index (χ1n) is 7.29. The third-order valence-corrected chi connectivity index (χ3v) is 4.41. The number of likely N-dealkylation sites (N-methyl/N-ethyl adjacent to an activating group) is 1. The van der Waals surface area contributed by atoms with E-state index in [2.05, 4.69) is 15.6 Å². The van der Waals surface area contributed by atoms with E-state index in [0.29, 0.717) is 27.9 Å². The molecule has 1 heterocycles. The zero-order valence-electron chi connectivity index (χ0n) is 13.4. The van der Waals surface area contributed by atoms with Gasteiger partial charge in [-0.3, -0.25) is 4.79 Å². The monoisotopic (exact) mass is 337 g/mol. The summed E-state index contributed by atoms with van der Waals surface area (Å²) < 4.78 is 18.4. The molecular weight excluding hydrogens is 317 g/mol. The van der Waals surface area contributed by atoms with E-state index >= 15 is 0 Å². The van der Waals surface area contributed by atoms with Crippen molar-refractivity contribution in [1.82, 2.24) is 15.6 Å². The molecule has 0 aliphatic carbocycles. The normalized spacial score (nSPS) is 12.0. The van der Waals surface area contributed by atoms with Crippen molar-refractivity contribution >= 4 is 17.2 Å². The molecule has 1 aromatic carbocycles. The Morgan fingerprint density at radius 1 is 1.39 bits per heavy atom. The van der Waals surface area contributed by atoms with Gasteiger partial charge in [0.05, 0.1) is 5.69 Å². The molecule has 0 fully saturated rings. The maximum Gasteiger partial charge on any atom is 0.263 e. The molecule has 23 heavy (non-hydrogen) atoms. The maximum atomic E-state index is 12.8. The first-order chi connectivity index (χ1) is 11.0. The molecule has 1 atom stereocenters. The number of thiazole rings is 1. The summed E-state index contributed by atoms with van der Waals surface area (Å²) in [5.74, 6) is 0.125. The minimum absolute atomic E-state index is 0.130. The van der Waals surface area contributed by atoms with Gasteiger partial charge >= 0.3 is 0 Å². The number of hydrogen-bond donors (Lipinski definition) is 2. The lowest BCUT2D eigenvalue weighted by Gasteiger charge is -2.10. The van der Waals surface area contributed by atoms with Crippen molar-refractivity contribution in [3.63, 3.8) is 0 Å². The highest BCUT2D eigenvalue weighted by Crippen LogP contribution is 2.20. The first-order valence-corrected chi connectivity index (χ1v) is 8.11. The number of nitrogens with zero attached hydrogens (tertiary/aromatic N) is 1. The number of nitrogens with one attached hydrogen (secondary N) is 2. The van der Waals surface area contributed by atoms with Crippen molar-refractivity contribution in [2.24, 2.45) is 0 Å². The summed E-state index contributed by atoms with van der Waals surface area (Å²) in [4.78, 5) is 17.1. The highest BCUT2D eigenvalue weighted by Gasteiger charge is 2.16. The van der Waals surface area contributed by atoms with E-state index < -0.39 is 0 Å². The van der Waals surface area contributed by atoms with E-state index in [-0.39, 0.29) is 24.4 Å². The maximum absolute atomic E-state index is 12.8. The fourth-order valence-electron chi connectivity index (χ4n) is 1.83. The molecule has 0 saturated carbocycles. The minimum atomic E-state index is -0.308. The summed E-state index contributed by atoms with van der Waals surface area (Å²) in [5.41, 5.74) is 0.683. The summed E-state index contributed by atoms with van der Waals surface area (Å²) >= 11 is 1.31. The van der Waals surface area contributed by atoms with Gasteiger partial charge in [-0.15, -0.1) is 11.3 Å². The SMILES string of the molecule is CNC(C)CNC(=O)c1sc(COc2ccc(F)cc2)nc1C. The van der Waals surface area contributed by atoms with Gasteiger partial charge in [0.15, 0.2) is 0 Å². The number of aromatic nitrogens is 1. The quantitative estimate of drug-likeness (QED) is 0.815. The fourth-order valence-corrected chi connectivity index (χ4v) is 2.72. The summed E-state index contributed by atoms with van der Waals surface area (Å²) in [7, 11) is 1.85. The van der Waals surface area contributed by atoms with Gasteiger partial charge < -0.3 is 15.4 Å². The number of hydrogen-bond acceptors (Lipinski definition) is 5. The number of amides is 1. The van der Waals surface area contributed by atoms with Crippen LogP contribution in [0.15, 0.2) is 24.3 Å². The van der Waals surface area contributed by atoms with Crippen molar-refractivity contribution in [3.8, 4) is 5.75 Å². The van der Waals surface area contributed by atoms with Crippen LogP contribution in [0.3, 0.4) is 0 Å². The number of benzene rings is 1. The van der Waals surface area contributed by atoms with Crippen LogP contribution in [0.25, 0.3) is 0 Å². The van der Waals surface area contributed by atoms with Crippen LogP contribution < -0.4 is 15.4 Å². The molecule has 2 N–H and O–H groups in total. The second kappa shape index (κ2) is 8.03. The Labute approximate surface area is 138 Å². The topological polar surface area (TPSA) is 63.2 Å². The van der Waals surface area contributed by atoms with Crippen molar-refractivity contribution in [1.29, 1.82) is 0 Å². The van der Waals surface area contributed by atoms with Crippen molar-refractivity contribution in [2.45, 2.75) is 26.5 Å². The molecule has 0 radical (unpaired) electrons. The molecule has 7 heteroatoms. The predicted octanol–water partition coefficient (Wildman–Crippen LogP) is 2.51. The largest absolute Gasteiger partial charge is 0.486 e. The Hall–Kier alpha value is -1.99. The van der Waals surface area contributed by atoms with Crippen LogP contribution in [0.1, 0.15) is 27.3 Å². The van der Waals surface area contributed by atoms with Gasteiger partial charge in [-0.2, -0.15) is 0 Å². The summed E-state index contributed by atoms with van der Waals surface area (Å²) in [6.07, 6.45) is 0. The number of halogens is 1. The van der Waals surface area contributed by atoms with E-state index in [9.17, 15) is 9.18 Å².